The normalized spacial score (nSPS) is 15.9. The Hall–Kier alpha value is -0.250. The quantitative estimate of drug-likeness (QED) is 0.739. The lowest BCUT2D eigenvalue weighted by molar-refractivity contribution is -0.136. The standard InChI is InChI=1S/C9H18F3N/c1-8(2,3)6-7(13)4-5-9(10,11)12/h7H,4-6,13H2,1-3H3. The third-order valence-corrected chi connectivity index (χ3v) is 1.67. The van der Waals surface area contributed by atoms with Crippen LogP contribution in [0.4, 0.5) is 13.2 Å². The molecule has 0 amide bonds. The van der Waals surface area contributed by atoms with Crippen molar-refractivity contribution in [3.63, 3.8) is 0 Å². The maximum Gasteiger partial charge on any atom is 0.389 e. The molecule has 0 radical (unpaired) electrons. The maximum atomic E-state index is 11.8. The molecule has 0 aromatic carbocycles. The van der Waals surface area contributed by atoms with Gasteiger partial charge in [0.1, 0.15) is 0 Å². The lowest BCUT2D eigenvalue weighted by atomic mass is 9.87. The minimum atomic E-state index is -4.07. The van der Waals surface area contributed by atoms with Crippen molar-refractivity contribution in [2.45, 2.75) is 52.3 Å². The predicted molar refractivity (Wildman–Crippen MR) is 47.3 cm³/mol. The first-order valence-corrected chi connectivity index (χ1v) is 4.42. The Morgan fingerprint density at radius 3 is 1.92 bits per heavy atom. The van der Waals surface area contributed by atoms with Crippen molar-refractivity contribution >= 4 is 0 Å². The van der Waals surface area contributed by atoms with Crippen molar-refractivity contribution in [1.82, 2.24) is 0 Å². The molecule has 0 saturated carbocycles. The van der Waals surface area contributed by atoms with E-state index in [0.717, 1.165) is 0 Å². The Morgan fingerprint density at radius 1 is 1.15 bits per heavy atom. The number of hydrogen-bond donors (Lipinski definition) is 1. The van der Waals surface area contributed by atoms with Crippen LogP contribution in [0.1, 0.15) is 40.0 Å². The largest absolute Gasteiger partial charge is 0.389 e. The van der Waals surface area contributed by atoms with E-state index in [-0.39, 0.29) is 17.9 Å². The van der Waals surface area contributed by atoms with Gasteiger partial charge in [0.15, 0.2) is 0 Å². The highest BCUT2D eigenvalue weighted by Gasteiger charge is 2.28. The Balaban J connectivity index is 3.70. The molecule has 0 aliphatic rings. The summed E-state index contributed by atoms with van der Waals surface area (Å²) < 4.78 is 35.4. The smallest absolute Gasteiger partial charge is 0.328 e. The van der Waals surface area contributed by atoms with Gasteiger partial charge in [-0.3, -0.25) is 0 Å². The van der Waals surface area contributed by atoms with Crippen molar-refractivity contribution in [1.29, 1.82) is 0 Å². The molecule has 0 aliphatic heterocycles. The minimum absolute atomic E-state index is 0.00498. The van der Waals surface area contributed by atoms with Gasteiger partial charge >= 0.3 is 6.18 Å². The monoisotopic (exact) mass is 197 g/mol. The van der Waals surface area contributed by atoms with Gasteiger partial charge in [-0.1, -0.05) is 20.8 Å². The van der Waals surface area contributed by atoms with E-state index in [0.29, 0.717) is 6.42 Å². The molecule has 13 heavy (non-hydrogen) atoms. The van der Waals surface area contributed by atoms with Crippen molar-refractivity contribution in [2.24, 2.45) is 11.1 Å². The van der Waals surface area contributed by atoms with E-state index < -0.39 is 12.6 Å². The number of halogens is 3. The topological polar surface area (TPSA) is 26.0 Å². The molecule has 1 nitrogen and oxygen atoms in total. The summed E-state index contributed by atoms with van der Waals surface area (Å²) in [6, 6.07) is -0.346. The zero-order chi connectivity index (χ0) is 10.7. The van der Waals surface area contributed by atoms with Crippen molar-refractivity contribution < 1.29 is 13.2 Å². The highest BCUT2D eigenvalue weighted by atomic mass is 19.4. The van der Waals surface area contributed by atoms with E-state index in [1.807, 2.05) is 20.8 Å². The van der Waals surface area contributed by atoms with Gasteiger partial charge < -0.3 is 5.73 Å². The molecule has 0 fully saturated rings. The molecule has 0 saturated heterocycles. The molecular weight excluding hydrogens is 179 g/mol. The van der Waals surface area contributed by atoms with Crippen LogP contribution in [-0.2, 0) is 0 Å². The Bertz CT molecular complexity index is 146. The van der Waals surface area contributed by atoms with Gasteiger partial charge in [-0.25, -0.2) is 0 Å². The molecule has 4 heteroatoms. The van der Waals surface area contributed by atoms with Gasteiger partial charge in [0.05, 0.1) is 0 Å². The Morgan fingerprint density at radius 2 is 1.62 bits per heavy atom. The predicted octanol–water partition coefficient (Wildman–Crippen LogP) is 3.09. The average molecular weight is 197 g/mol. The SMILES string of the molecule is CC(C)(C)CC(N)CCC(F)(F)F. The van der Waals surface area contributed by atoms with Crippen LogP contribution < -0.4 is 5.73 Å². The molecular formula is C9H18F3N. The van der Waals surface area contributed by atoms with Crippen LogP contribution in [0.15, 0.2) is 0 Å². The van der Waals surface area contributed by atoms with Gasteiger partial charge in [-0.15, -0.1) is 0 Å². The molecule has 0 heterocycles. The first-order chi connectivity index (χ1) is 5.60. The molecule has 2 N–H and O–H groups in total. The van der Waals surface area contributed by atoms with E-state index in [1.54, 1.807) is 0 Å². The van der Waals surface area contributed by atoms with Crippen LogP contribution in [0.2, 0.25) is 0 Å². The van der Waals surface area contributed by atoms with E-state index in [4.69, 9.17) is 5.73 Å². The number of alkyl halides is 3. The minimum Gasteiger partial charge on any atom is -0.328 e. The van der Waals surface area contributed by atoms with E-state index in [1.165, 1.54) is 0 Å². The molecule has 0 aliphatic carbocycles. The third kappa shape index (κ3) is 9.67. The molecule has 1 atom stereocenters. The van der Waals surface area contributed by atoms with Gasteiger partial charge in [-0.2, -0.15) is 13.2 Å². The van der Waals surface area contributed by atoms with Crippen molar-refractivity contribution in [3.8, 4) is 0 Å². The fraction of sp³-hybridized carbons (Fsp3) is 1.00. The number of nitrogens with two attached hydrogens (primary N) is 1. The zero-order valence-electron chi connectivity index (χ0n) is 8.41. The number of rotatable bonds is 3. The highest BCUT2D eigenvalue weighted by Crippen LogP contribution is 2.26. The highest BCUT2D eigenvalue weighted by molar-refractivity contribution is 4.72. The molecule has 0 aromatic heterocycles. The van der Waals surface area contributed by atoms with E-state index in [9.17, 15) is 13.2 Å². The summed E-state index contributed by atoms with van der Waals surface area (Å²) in [6.07, 6.45) is -4.19. The van der Waals surface area contributed by atoms with Gasteiger partial charge in [-0.05, 0) is 18.3 Å². The fourth-order valence-electron chi connectivity index (χ4n) is 1.24. The van der Waals surface area contributed by atoms with Gasteiger partial charge in [0.2, 0.25) is 0 Å². The Kier molecular flexibility index (Phi) is 4.23. The summed E-state index contributed by atoms with van der Waals surface area (Å²) in [5.74, 6) is 0. The van der Waals surface area contributed by atoms with E-state index >= 15 is 0 Å². The third-order valence-electron chi connectivity index (χ3n) is 1.67. The van der Waals surface area contributed by atoms with Crippen LogP contribution in [0.3, 0.4) is 0 Å². The van der Waals surface area contributed by atoms with Crippen LogP contribution >= 0.6 is 0 Å². The lowest BCUT2D eigenvalue weighted by Crippen LogP contribution is -2.28. The first-order valence-electron chi connectivity index (χ1n) is 4.42. The second-order valence-electron chi connectivity index (χ2n) is 4.68. The lowest BCUT2D eigenvalue weighted by Gasteiger charge is -2.23. The van der Waals surface area contributed by atoms with Gasteiger partial charge in [0.25, 0.3) is 0 Å². The molecule has 0 spiro atoms. The molecule has 0 bridgehead atoms. The summed E-state index contributed by atoms with van der Waals surface area (Å²) in [5.41, 5.74) is 5.57. The van der Waals surface area contributed by atoms with Crippen LogP contribution in [0.25, 0.3) is 0 Å². The van der Waals surface area contributed by atoms with E-state index in [2.05, 4.69) is 0 Å². The second kappa shape index (κ2) is 4.31. The number of hydrogen-bond acceptors (Lipinski definition) is 1. The first kappa shape index (κ1) is 12.8. The summed E-state index contributed by atoms with van der Waals surface area (Å²) in [4.78, 5) is 0. The summed E-state index contributed by atoms with van der Waals surface area (Å²) in [7, 11) is 0. The average Bonchev–Trinajstić information content (AvgIpc) is 1.78. The van der Waals surface area contributed by atoms with Crippen LogP contribution in [-0.4, -0.2) is 12.2 Å². The maximum absolute atomic E-state index is 11.8. The Labute approximate surface area is 77.5 Å². The zero-order valence-corrected chi connectivity index (χ0v) is 8.41. The summed E-state index contributed by atoms with van der Waals surface area (Å²) in [5, 5.41) is 0. The molecule has 1 unspecified atom stereocenters. The van der Waals surface area contributed by atoms with Crippen molar-refractivity contribution in [3.05, 3.63) is 0 Å². The van der Waals surface area contributed by atoms with Crippen LogP contribution in [0.5, 0.6) is 0 Å². The second-order valence-corrected chi connectivity index (χ2v) is 4.68. The van der Waals surface area contributed by atoms with Crippen LogP contribution in [0, 0.1) is 5.41 Å². The summed E-state index contributed by atoms with van der Waals surface area (Å²) in [6.45, 7) is 5.92. The van der Waals surface area contributed by atoms with Gasteiger partial charge in [0, 0.05) is 12.5 Å². The molecule has 80 valence electrons. The molecule has 0 aromatic rings. The fourth-order valence-corrected chi connectivity index (χ4v) is 1.24. The van der Waals surface area contributed by atoms with Crippen molar-refractivity contribution in [2.75, 3.05) is 0 Å². The summed E-state index contributed by atoms with van der Waals surface area (Å²) >= 11 is 0. The molecule has 0 rings (SSSR count).